The van der Waals surface area contributed by atoms with Crippen LogP contribution in [0.5, 0.6) is 0 Å². The lowest BCUT2D eigenvalue weighted by molar-refractivity contribution is -0.384. The Morgan fingerprint density at radius 3 is 2.13 bits per heavy atom. The molecule has 1 saturated heterocycles. The van der Waals surface area contributed by atoms with Crippen molar-refractivity contribution in [3.63, 3.8) is 0 Å². The minimum Gasteiger partial charge on any atom is -0.363 e. The van der Waals surface area contributed by atoms with Gasteiger partial charge in [-0.3, -0.25) is 14.9 Å². The van der Waals surface area contributed by atoms with Crippen LogP contribution in [0.15, 0.2) is 47.4 Å². The van der Waals surface area contributed by atoms with Crippen LogP contribution in [0.1, 0.15) is 42.6 Å². The highest BCUT2D eigenvalue weighted by molar-refractivity contribution is 7.89. The number of hydrogen-bond acceptors (Lipinski definition) is 6. The molecule has 9 heteroatoms. The van der Waals surface area contributed by atoms with Crippen molar-refractivity contribution < 1.29 is 18.1 Å². The Kier molecular flexibility index (Phi) is 6.23. The smallest absolute Gasteiger partial charge is 0.293 e. The molecule has 8 nitrogen and oxygen atoms in total. The van der Waals surface area contributed by atoms with Gasteiger partial charge in [0.15, 0.2) is 5.78 Å². The van der Waals surface area contributed by atoms with Gasteiger partial charge >= 0.3 is 0 Å². The molecule has 0 aliphatic carbocycles. The van der Waals surface area contributed by atoms with Gasteiger partial charge in [-0.1, -0.05) is 26.0 Å². The zero-order chi connectivity index (χ0) is 22.1. The number of hydrogen-bond donors (Lipinski definition) is 0. The molecule has 0 spiro atoms. The van der Waals surface area contributed by atoms with E-state index in [0.29, 0.717) is 24.7 Å². The van der Waals surface area contributed by atoms with Crippen molar-refractivity contribution in [2.45, 2.75) is 31.6 Å². The topological polar surface area (TPSA) is 101 Å². The molecular formula is C21H25N3O5S. The average molecular weight is 432 g/mol. The summed E-state index contributed by atoms with van der Waals surface area (Å²) in [6.07, 6.45) is 0. The molecule has 0 radical (unpaired) electrons. The summed E-state index contributed by atoms with van der Waals surface area (Å²) in [6, 6.07) is 11.3. The van der Waals surface area contributed by atoms with E-state index in [0.717, 1.165) is 5.56 Å². The van der Waals surface area contributed by atoms with E-state index in [1.54, 1.807) is 29.2 Å². The number of anilines is 1. The number of nitro groups is 1. The molecule has 30 heavy (non-hydrogen) atoms. The number of carbonyl (C=O) groups excluding carboxylic acids is 1. The summed E-state index contributed by atoms with van der Waals surface area (Å²) in [7, 11) is -3.63. The Morgan fingerprint density at radius 2 is 1.63 bits per heavy atom. The number of ketones is 1. The first kappa shape index (κ1) is 21.9. The third-order valence-corrected chi connectivity index (χ3v) is 7.26. The summed E-state index contributed by atoms with van der Waals surface area (Å²) in [5.74, 6) is 0.0690. The number of benzene rings is 2. The van der Waals surface area contributed by atoms with E-state index in [4.69, 9.17) is 0 Å². The molecule has 2 aromatic carbocycles. The number of rotatable bonds is 6. The number of piperazine rings is 1. The predicted molar refractivity (Wildman–Crippen MR) is 115 cm³/mol. The van der Waals surface area contributed by atoms with Gasteiger partial charge in [-0.15, -0.1) is 0 Å². The van der Waals surface area contributed by atoms with Gasteiger partial charge in [0.25, 0.3) is 5.69 Å². The molecule has 1 fully saturated rings. The molecule has 160 valence electrons. The van der Waals surface area contributed by atoms with E-state index >= 15 is 0 Å². The maximum Gasteiger partial charge on any atom is 0.293 e. The van der Waals surface area contributed by atoms with E-state index in [1.165, 1.54) is 17.3 Å². The van der Waals surface area contributed by atoms with E-state index < -0.39 is 14.9 Å². The van der Waals surface area contributed by atoms with Gasteiger partial charge in [-0.2, -0.15) is 4.31 Å². The second-order valence-corrected chi connectivity index (χ2v) is 9.57. The van der Waals surface area contributed by atoms with Gasteiger partial charge in [0.05, 0.1) is 9.82 Å². The van der Waals surface area contributed by atoms with Gasteiger partial charge in [0, 0.05) is 37.8 Å². The molecule has 1 heterocycles. The molecule has 1 aliphatic heterocycles. The number of carbonyl (C=O) groups is 1. The van der Waals surface area contributed by atoms with Crippen molar-refractivity contribution in [3.05, 3.63) is 63.7 Å². The van der Waals surface area contributed by atoms with Crippen LogP contribution < -0.4 is 4.90 Å². The number of nitrogens with zero attached hydrogens (tertiary/aromatic N) is 3. The van der Waals surface area contributed by atoms with Gasteiger partial charge < -0.3 is 4.90 Å². The van der Waals surface area contributed by atoms with Gasteiger partial charge in [-0.05, 0) is 42.7 Å². The fraction of sp³-hybridized carbons (Fsp3) is 0.381. The summed E-state index contributed by atoms with van der Waals surface area (Å²) in [5, 5.41) is 11.5. The molecule has 2 aromatic rings. The van der Waals surface area contributed by atoms with Gasteiger partial charge in [0.2, 0.25) is 10.0 Å². The molecule has 0 aromatic heterocycles. The van der Waals surface area contributed by atoms with Crippen molar-refractivity contribution in [1.29, 1.82) is 0 Å². The fourth-order valence-corrected chi connectivity index (χ4v) is 4.92. The first-order chi connectivity index (χ1) is 14.1. The third-order valence-electron chi connectivity index (χ3n) is 5.34. The maximum absolute atomic E-state index is 13.0. The third kappa shape index (κ3) is 4.36. The average Bonchev–Trinajstić information content (AvgIpc) is 2.73. The van der Waals surface area contributed by atoms with Crippen molar-refractivity contribution in [3.8, 4) is 0 Å². The zero-order valence-electron chi connectivity index (χ0n) is 17.2. The van der Waals surface area contributed by atoms with Crippen LogP contribution in [0.25, 0.3) is 0 Å². The van der Waals surface area contributed by atoms with Crippen LogP contribution in [0.4, 0.5) is 11.4 Å². The van der Waals surface area contributed by atoms with Crippen molar-refractivity contribution in [2.75, 3.05) is 31.1 Å². The van der Waals surface area contributed by atoms with Crippen LogP contribution >= 0.6 is 0 Å². The van der Waals surface area contributed by atoms with Gasteiger partial charge in [0.1, 0.15) is 5.69 Å². The van der Waals surface area contributed by atoms with Crippen LogP contribution in [-0.2, 0) is 10.0 Å². The molecule has 0 N–H and O–H groups in total. The minimum atomic E-state index is -3.63. The van der Waals surface area contributed by atoms with E-state index in [1.807, 2.05) is 26.0 Å². The van der Waals surface area contributed by atoms with Crippen LogP contribution in [0.3, 0.4) is 0 Å². The monoisotopic (exact) mass is 431 g/mol. The van der Waals surface area contributed by atoms with Crippen LogP contribution in [0.2, 0.25) is 0 Å². The zero-order valence-corrected chi connectivity index (χ0v) is 18.1. The second kappa shape index (κ2) is 8.53. The molecular weight excluding hydrogens is 406 g/mol. The van der Waals surface area contributed by atoms with E-state index in [2.05, 4.69) is 0 Å². The summed E-state index contributed by atoms with van der Waals surface area (Å²) in [4.78, 5) is 24.6. The lowest BCUT2D eigenvalue weighted by Gasteiger charge is -2.35. The first-order valence-electron chi connectivity index (χ1n) is 9.75. The Bertz CT molecular complexity index is 1060. The molecule has 0 amide bonds. The molecule has 0 bridgehead atoms. The summed E-state index contributed by atoms with van der Waals surface area (Å²) in [6.45, 7) is 6.54. The van der Waals surface area contributed by atoms with Crippen LogP contribution in [-0.4, -0.2) is 49.6 Å². The van der Waals surface area contributed by atoms with E-state index in [9.17, 15) is 23.3 Å². The first-order valence-corrected chi connectivity index (χ1v) is 11.2. The Labute approximate surface area is 176 Å². The predicted octanol–water partition coefficient (Wildman–Crippen LogP) is 3.43. The second-order valence-electron chi connectivity index (χ2n) is 7.63. The van der Waals surface area contributed by atoms with Crippen LogP contribution in [0, 0.1) is 10.1 Å². The highest BCUT2D eigenvalue weighted by Gasteiger charge is 2.31. The van der Waals surface area contributed by atoms with Crippen molar-refractivity contribution in [1.82, 2.24) is 4.31 Å². The highest BCUT2D eigenvalue weighted by atomic mass is 32.2. The maximum atomic E-state index is 13.0. The lowest BCUT2D eigenvalue weighted by Crippen LogP contribution is -2.48. The lowest BCUT2D eigenvalue weighted by atomic mass is 10.0. The largest absolute Gasteiger partial charge is 0.363 e. The standard InChI is InChI=1S/C21H25N3O5S/c1-15(2)17-4-7-19(8-5-17)30(28,29)23-12-10-22(11-13-23)20-9-6-18(16(3)25)14-21(20)24(26)27/h4-9,14-15H,10-13H2,1-3H3. The number of sulfonamides is 1. The molecule has 0 unspecified atom stereocenters. The minimum absolute atomic E-state index is 0.150. The summed E-state index contributed by atoms with van der Waals surface area (Å²) >= 11 is 0. The Hall–Kier alpha value is -2.78. The molecule has 0 saturated carbocycles. The summed E-state index contributed by atoms with van der Waals surface area (Å²) in [5.41, 5.74) is 1.59. The SMILES string of the molecule is CC(=O)c1ccc(N2CCN(S(=O)(=O)c3ccc(C(C)C)cc3)CC2)c([N+](=O)[O-])c1. The molecule has 0 atom stereocenters. The quantitative estimate of drug-likeness (QED) is 0.395. The summed E-state index contributed by atoms with van der Waals surface area (Å²) < 4.78 is 27.3. The number of nitro benzene ring substituents is 1. The van der Waals surface area contributed by atoms with Gasteiger partial charge in [-0.25, -0.2) is 8.42 Å². The Balaban J connectivity index is 1.77. The van der Waals surface area contributed by atoms with Crippen molar-refractivity contribution in [2.24, 2.45) is 0 Å². The number of Topliss-reactive ketones (excluding diaryl/α,β-unsaturated/α-hetero) is 1. The normalized spacial score (nSPS) is 15.4. The highest BCUT2D eigenvalue weighted by Crippen LogP contribution is 2.31. The fourth-order valence-electron chi connectivity index (χ4n) is 3.50. The molecule has 1 aliphatic rings. The van der Waals surface area contributed by atoms with Crippen molar-refractivity contribution >= 4 is 27.2 Å². The van der Waals surface area contributed by atoms with E-state index in [-0.39, 0.29) is 35.0 Å². The molecule has 3 rings (SSSR count). The Morgan fingerprint density at radius 1 is 1.03 bits per heavy atom.